The topological polar surface area (TPSA) is 37.4 Å². The average Bonchev–Trinajstić information content (AvgIpc) is 2.46. The second-order valence-corrected chi connectivity index (χ2v) is 4.35. The first-order valence-corrected chi connectivity index (χ1v) is 5.38. The molecule has 0 aromatic heterocycles. The van der Waals surface area contributed by atoms with Crippen LogP contribution in [0.15, 0.2) is 24.3 Å². The van der Waals surface area contributed by atoms with Gasteiger partial charge in [0.15, 0.2) is 0 Å². The lowest BCUT2D eigenvalue weighted by atomic mass is 10.3. The zero-order chi connectivity index (χ0) is 10.1. The lowest BCUT2D eigenvalue weighted by molar-refractivity contribution is -0.121. The molecule has 1 aliphatic rings. The molecule has 0 spiro atoms. The van der Waals surface area contributed by atoms with Crippen LogP contribution in [0, 0.1) is 3.57 Å². The largest absolute Gasteiger partial charge is 0.274 e. The van der Waals surface area contributed by atoms with Gasteiger partial charge in [-0.15, -0.1) is 0 Å². The van der Waals surface area contributed by atoms with E-state index in [0.29, 0.717) is 18.5 Å². The van der Waals surface area contributed by atoms with Crippen molar-refractivity contribution in [2.45, 2.75) is 12.8 Å². The molecule has 0 radical (unpaired) electrons. The molecule has 2 amide bonds. The summed E-state index contributed by atoms with van der Waals surface area (Å²) >= 11 is 2.16. The molecule has 3 nitrogen and oxygen atoms in total. The first kappa shape index (κ1) is 9.64. The molecule has 72 valence electrons. The Morgan fingerprint density at radius 1 is 1.14 bits per heavy atom. The quantitative estimate of drug-likeness (QED) is 0.587. The number of imide groups is 1. The lowest BCUT2D eigenvalue weighted by Crippen LogP contribution is -2.28. The van der Waals surface area contributed by atoms with Gasteiger partial charge in [0, 0.05) is 16.4 Å². The van der Waals surface area contributed by atoms with Crippen LogP contribution in [0.25, 0.3) is 0 Å². The van der Waals surface area contributed by atoms with E-state index in [0.717, 1.165) is 3.57 Å². The highest BCUT2D eigenvalue weighted by molar-refractivity contribution is 14.1. The molecule has 1 aromatic carbocycles. The van der Waals surface area contributed by atoms with Gasteiger partial charge in [-0.1, -0.05) is 6.07 Å². The van der Waals surface area contributed by atoms with Gasteiger partial charge in [0.25, 0.3) is 0 Å². The van der Waals surface area contributed by atoms with Gasteiger partial charge in [-0.2, -0.15) is 0 Å². The number of rotatable bonds is 1. The Hall–Kier alpha value is -0.910. The van der Waals surface area contributed by atoms with Gasteiger partial charge in [0.05, 0.1) is 5.69 Å². The average molecular weight is 301 g/mol. The summed E-state index contributed by atoms with van der Waals surface area (Å²) in [5, 5.41) is 0. The first-order valence-electron chi connectivity index (χ1n) is 4.30. The number of nitrogens with zero attached hydrogens (tertiary/aromatic N) is 1. The predicted molar refractivity (Wildman–Crippen MR) is 60.9 cm³/mol. The molecule has 0 bridgehead atoms. The van der Waals surface area contributed by atoms with Crippen LogP contribution in [0.4, 0.5) is 5.69 Å². The van der Waals surface area contributed by atoms with Crippen molar-refractivity contribution in [3.8, 4) is 0 Å². The second kappa shape index (κ2) is 3.68. The highest BCUT2D eigenvalue weighted by atomic mass is 127. The summed E-state index contributed by atoms with van der Waals surface area (Å²) in [6.07, 6.45) is 0.675. The van der Waals surface area contributed by atoms with Gasteiger partial charge >= 0.3 is 0 Å². The Labute approximate surface area is 95.2 Å². The molecule has 1 heterocycles. The van der Waals surface area contributed by atoms with E-state index in [2.05, 4.69) is 22.6 Å². The summed E-state index contributed by atoms with van der Waals surface area (Å²) in [6.45, 7) is 0. The van der Waals surface area contributed by atoms with Crippen LogP contribution in [0.5, 0.6) is 0 Å². The third-order valence-electron chi connectivity index (χ3n) is 2.12. The fraction of sp³-hybridized carbons (Fsp3) is 0.200. The van der Waals surface area contributed by atoms with Crippen molar-refractivity contribution < 1.29 is 9.59 Å². The molecule has 1 saturated heterocycles. The van der Waals surface area contributed by atoms with E-state index in [4.69, 9.17) is 0 Å². The fourth-order valence-corrected chi connectivity index (χ4v) is 2.01. The maximum atomic E-state index is 11.4. The summed E-state index contributed by atoms with van der Waals surface area (Å²) in [4.78, 5) is 24.1. The summed E-state index contributed by atoms with van der Waals surface area (Å²) in [7, 11) is 0. The van der Waals surface area contributed by atoms with Crippen molar-refractivity contribution in [1.82, 2.24) is 0 Å². The minimum Gasteiger partial charge on any atom is -0.274 e. The molecule has 1 fully saturated rings. The van der Waals surface area contributed by atoms with Gasteiger partial charge in [0.2, 0.25) is 11.8 Å². The van der Waals surface area contributed by atoms with Gasteiger partial charge < -0.3 is 0 Å². The Morgan fingerprint density at radius 3 is 2.36 bits per heavy atom. The third-order valence-corrected chi connectivity index (χ3v) is 2.79. The molecule has 4 heteroatoms. The standard InChI is InChI=1S/C10H8INO2/c11-7-2-1-3-8(6-7)12-9(13)4-5-10(12)14/h1-3,6H,4-5H2. The number of benzene rings is 1. The number of amides is 2. The van der Waals surface area contributed by atoms with Crippen molar-refractivity contribution >= 4 is 40.1 Å². The van der Waals surface area contributed by atoms with Crippen LogP contribution in [0.2, 0.25) is 0 Å². The molecule has 1 aromatic rings. The normalized spacial score (nSPS) is 16.5. The zero-order valence-electron chi connectivity index (χ0n) is 7.37. The Morgan fingerprint density at radius 2 is 1.79 bits per heavy atom. The van der Waals surface area contributed by atoms with Gasteiger partial charge in [-0.05, 0) is 40.8 Å². The summed E-state index contributed by atoms with van der Waals surface area (Å²) in [6, 6.07) is 7.38. The number of hydrogen-bond donors (Lipinski definition) is 0. The molecular formula is C10H8INO2. The predicted octanol–water partition coefficient (Wildman–Crippen LogP) is 1.94. The fourth-order valence-electron chi connectivity index (χ4n) is 1.48. The van der Waals surface area contributed by atoms with Crippen molar-refractivity contribution in [2.75, 3.05) is 4.90 Å². The number of anilines is 1. The summed E-state index contributed by atoms with van der Waals surface area (Å²) in [5.41, 5.74) is 0.685. The van der Waals surface area contributed by atoms with Crippen LogP contribution in [0.3, 0.4) is 0 Å². The Balaban J connectivity index is 2.39. The minimum atomic E-state index is -0.1000. The van der Waals surface area contributed by atoms with E-state index >= 15 is 0 Å². The third kappa shape index (κ3) is 1.66. The number of carbonyl (C=O) groups excluding carboxylic acids is 2. The van der Waals surface area contributed by atoms with Crippen molar-refractivity contribution in [3.05, 3.63) is 27.8 Å². The monoisotopic (exact) mass is 301 g/mol. The van der Waals surface area contributed by atoms with Crippen molar-refractivity contribution in [1.29, 1.82) is 0 Å². The molecule has 0 saturated carbocycles. The van der Waals surface area contributed by atoms with Crippen LogP contribution >= 0.6 is 22.6 Å². The van der Waals surface area contributed by atoms with Crippen LogP contribution in [-0.4, -0.2) is 11.8 Å². The van der Waals surface area contributed by atoms with E-state index in [1.54, 1.807) is 6.07 Å². The molecule has 14 heavy (non-hydrogen) atoms. The maximum absolute atomic E-state index is 11.4. The smallest absolute Gasteiger partial charge is 0.234 e. The van der Waals surface area contributed by atoms with Gasteiger partial charge in [-0.3, -0.25) is 14.5 Å². The summed E-state index contributed by atoms with van der Waals surface area (Å²) in [5.74, 6) is -0.200. The van der Waals surface area contributed by atoms with Gasteiger partial charge in [-0.25, -0.2) is 0 Å². The van der Waals surface area contributed by atoms with E-state index in [1.807, 2.05) is 18.2 Å². The zero-order valence-corrected chi connectivity index (χ0v) is 9.52. The Kier molecular flexibility index (Phi) is 2.54. The first-order chi connectivity index (χ1) is 6.68. The molecule has 0 N–H and O–H groups in total. The van der Waals surface area contributed by atoms with E-state index < -0.39 is 0 Å². The molecule has 1 aliphatic heterocycles. The number of halogens is 1. The SMILES string of the molecule is O=C1CCC(=O)N1c1cccc(I)c1. The Bertz CT molecular complexity index is 387. The molecule has 0 atom stereocenters. The van der Waals surface area contributed by atoms with E-state index in [-0.39, 0.29) is 11.8 Å². The maximum Gasteiger partial charge on any atom is 0.234 e. The van der Waals surface area contributed by atoms with E-state index in [1.165, 1.54) is 4.90 Å². The number of carbonyl (C=O) groups is 2. The highest BCUT2D eigenvalue weighted by Gasteiger charge is 2.30. The molecule has 2 rings (SSSR count). The molecular weight excluding hydrogens is 293 g/mol. The molecule has 0 unspecified atom stereocenters. The van der Waals surface area contributed by atoms with Crippen LogP contribution < -0.4 is 4.90 Å². The summed E-state index contributed by atoms with van der Waals surface area (Å²) < 4.78 is 1.02. The van der Waals surface area contributed by atoms with Crippen molar-refractivity contribution in [2.24, 2.45) is 0 Å². The molecule has 0 aliphatic carbocycles. The lowest BCUT2D eigenvalue weighted by Gasteiger charge is -2.13. The van der Waals surface area contributed by atoms with Crippen LogP contribution in [-0.2, 0) is 9.59 Å². The van der Waals surface area contributed by atoms with Crippen LogP contribution in [0.1, 0.15) is 12.8 Å². The van der Waals surface area contributed by atoms with Crippen molar-refractivity contribution in [3.63, 3.8) is 0 Å². The van der Waals surface area contributed by atoms with Gasteiger partial charge in [0.1, 0.15) is 0 Å². The number of hydrogen-bond acceptors (Lipinski definition) is 2. The second-order valence-electron chi connectivity index (χ2n) is 3.10. The van der Waals surface area contributed by atoms with E-state index in [9.17, 15) is 9.59 Å². The highest BCUT2D eigenvalue weighted by Crippen LogP contribution is 2.23. The minimum absolute atomic E-state index is 0.1000.